The van der Waals surface area contributed by atoms with Crippen molar-refractivity contribution >= 4 is 5.84 Å². The molecule has 0 aliphatic carbocycles. The minimum absolute atomic E-state index is 0.206. The summed E-state index contributed by atoms with van der Waals surface area (Å²) >= 11 is 0. The Bertz CT molecular complexity index is 305. The summed E-state index contributed by atoms with van der Waals surface area (Å²) in [7, 11) is 0. The molecule has 4 heteroatoms. The normalized spacial score (nSPS) is 21.6. The Balaban J connectivity index is 2.28. The maximum atomic E-state index is 8.76. The molecular weight excluding hydrogens is 238 g/mol. The highest BCUT2D eigenvalue weighted by atomic mass is 16.4. The van der Waals surface area contributed by atoms with Crippen LogP contribution in [0.25, 0.3) is 0 Å². The molecule has 4 nitrogen and oxygen atoms in total. The van der Waals surface area contributed by atoms with E-state index in [0.29, 0.717) is 11.3 Å². The summed E-state index contributed by atoms with van der Waals surface area (Å²) in [5.74, 6) is 0.338. The molecule has 1 aliphatic heterocycles. The lowest BCUT2D eigenvalue weighted by atomic mass is 9.78. The number of piperidine rings is 1. The van der Waals surface area contributed by atoms with Crippen LogP contribution in [0.2, 0.25) is 0 Å². The van der Waals surface area contributed by atoms with Crippen LogP contribution in [0.5, 0.6) is 0 Å². The molecule has 1 saturated heterocycles. The molecule has 0 atom stereocenters. The van der Waals surface area contributed by atoms with Gasteiger partial charge in [-0.05, 0) is 50.7 Å². The summed E-state index contributed by atoms with van der Waals surface area (Å²) in [6.07, 6.45) is 5.98. The van der Waals surface area contributed by atoms with E-state index < -0.39 is 0 Å². The highest BCUT2D eigenvalue weighted by Crippen LogP contribution is 2.34. The second-order valence-electron chi connectivity index (χ2n) is 6.98. The van der Waals surface area contributed by atoms with Gasteiger partial charge in [-0.2, -0.15) is 0 Å². The van der Waals surface area contributed by atoms with Crippen molar-refractivity contribution in [2.75, 3.05) is 19.6 Å². The quantitative estimate of drug-likeness (QED) is 0.337. The molecule has 3 N–H and O–H groups in total. The number of likely N-dealkylation sites (tertiary alicyclic amines) is 1. The van der Waals surface area contributed by atoms with E-state index in [1.165, 1.54) is 32.4 Å². The summed E-state index contributed by atoms with van der Waals surface area (Å²) in [6, 6.07) is 0. The van der Waals surface area contributed by atoms with Crippen molar-refractivity contribution in [1.82, 2.24) is 4.90 Å². The Morgan fingerprint density at radius 1 is 1.37 bits per heavy atom. The Morgan fingerprint density at radius 2 is 1.95 bits per heavy atom. The van der Waals surface area contributed by atoms with Gasteiger partial charge in [0.15, 0.2) is 0 Å². The summed E-state index contributed by atoms with van der Waals surface area (Å²) in [6.45, 7) is 12.3. The van der Waals surface area contributed by atoms with E-state index in [-0.39, 0.29) is 5.41 Å². The topological polar surface area (TPSA) is 61.8 Å². The minimum atomic E-state index is -0.206. The third-order valence-electron chi connectivity index (χ3n) is 4.99. The summed E-state index contributed by atoms with van der Waals surface area (Å²) < 4.78 is 0. The Kier molecular flexibility index (Phi) is 5.65. The highest BCUT2D eigenvalue weighted by Gasteiger charge is 2.28. The third kappa shape index (κ3) is 4.68. The third-order valence-corrected chi connectivity index (χ3v) is 4.99. The maximum absolute atomic E-state index is 8.76. The molecule has 0 aromatic heterocycles. The molecule has 0 bridgehead atoms. The zero-order chi connectivity index (χ0) is 14.5. The second-order valence-corrected chi connectivity index (χ2v) is 6.98. The van der Waals surface area contributed by atoms with Crippen molar-refractivity contribution in [3.05, 3.63) is 0 Å². The summed E-state index contributed by atoms with van der Waals surface area (Å²) in [5.41, 5.74) is 6.06. The molecule has 0 aromatic rings. The maximum Gasteiger partial charge on any atom is 0.144 e. The summed E-state index contributed by atoms with van der Waals surface area (Å²) in [5, 5.41) is 11.9. The molecule has 1 fully saturated rings. The predicted octanol–water partition coefficient (Wildman–Crippen LogP) is 3.05. The number of rotatable bonds is 6. The number of hydrogen-bond donors (Lipinski definition) is 2. The molecular formula is C15H31N3O. The first-order valence-corrected chi connectivity index (χ1v) is 7.53. The van der Waals surface area contributed by atoms with Crippen LogP contribution in [0.15, 0.2) is 5.16 Å². The van der Waals surface area contributed by atoms with E-state index >= 15 is 0 Å². The van der Waals surface area contributed by atoms with E-state index in [1.807, 2.05) is 13.8 Å². The number of oxime groups is 1. The van der Waals surface area contributed by atoms with Crippen LogP contribution in [0.3, 0.4) is 0 Å². The molecule has 0 saturated carbocycles. The van der Waals surface area contributed by atoms with Crippen molar-refractivity contribution in [3.8, 4) is 0 Å². The predicted molar refractivity (Wildman–Crippen MR) is 80.5 cm³/mol. The number of nitrogens with two attached hydrogens (primary N) is 1. The average Bonchev–Trinajstić information content (AvgIpc) is 2.40. The van der Waals surface area contributed by atoms with Crippen molar-refractivity contribution in [2.45, 2.75) is 59.8 Å². The molecule has 112 valence electrons. The Labute approximate surface area is 118 Å². The van der Waals surface area contributed by atoms with Gasteiger partial charge >= 0.3 is 0 Å². The molecule has 0 radical (unpaired) electrons. The average molecular weight is 269 g/mol. The molecule has 0 unspecified atom stereocenters. The van der Waals surface area contributed by atoms with Crippen LogP contribution in [0.1, 0.15) is 59.8 Å². The monoisotopic (exact) mass is 269 g/mol. The van der Waals surface area contributed by atoms with Gasteiger partial charge in [-0.15, -0.1) is 0 Å². The van der Waals surface area contributed by atoms with E-state index in [2.05, 4.69) is 23.9 Å². The van der Waals surface area contributed by atoms with Crippen molar-refractivity contribution in [2.24, 2.45) is 21.7 Å². The van der Waals surface area contributed by atoms with Gasteiger partial charge in [0.25, 0.3) is 0 Å². The molecule has 1 aliphatic rings. The van der Waals surface area contributed by atoms with Crippen LogP contribution < -0.4 is 5.73 Å². The van der Waals surface area contributed by atoms with Crippen molar-refractivity contribution < 1.29 is 5.21 Å². The fourth-order valence-electron chi connectivity index (χ4n) is 2.68. The fourth-order valence-corrected chi connectivity index (χ4v) is 2.68. The minimum Gasteiger partial charge on any atom is -0.409 e. The SMILES string of the molecule is CCC1(C)CCN(CCCC(C)(C)C(N)=NO)CC1. The van der Waals surface area contributed by atoms with Crippen LogP contribution in [0.4, 0.5) is 0 Å². The first kappa shape index (κ1) is 16.3. The van der Waals surface area contributed by atoms with Gasteiger partial charge < -0.3 is 15.8 Å². The molecule has 1 rings (SSSR count). The van der Waals surface area contributed by atoms with Gasteiger partial charge in [-0.3, -0.25) is 0 Å². The fraction of sp³-hybridized carbons (Fsp3) is 0.933. The van der Waals surface area contributed by atoms with E-state index in [1.54, 1.807) is 0 Å². The first-order valence-electron chi connectivity index (χ1n) is 7.53. The van der Waals surface area contributed by atoms with Crippen molar-refractivity contribution in [3.63, 3.8) is 0 Å². The first-order chi connectivity index (χ1) is 8.83. The van der Waals surface area contributed by atoms with Crippen LogP contribution >= 0.6 is 0 Å². The number of nitrogens with zero attached hydrogens (tertiary/aromatic N) is 2. The lowest BCUT2D eigenvalue weighted by Gasteiger charge is -2.39. The van der Waals surface area contributed by atoms with E-state index in [4.69, 9.17) is 10.9 Å². The highest BCUT2D eigenvalue weighted by molar-refractivity contribution is 5.85. The zero-order valence-electron chi connectivity index (χ0n) is 13.1. The van der Waals surface area contributed by atoms with E-state index in [0.717, 1.165) is 19.4 Å². The van der Waals surface area contributed by atoms with Crippen LogP contribution in [0, 0.1) is 10.8 Å². The van der Waals surface area contributed by atoms with Crippen LogP contribution in [-0.4, -0.2) is 35.6 Å². The Hall–Kier alpha value is -0.770. The van der Waals surface area contributed by atoms with Gasteiger partial charge in [-0.25, -0.2) is 0 Å². The number of hydrogen-bond acceptors (Lipinski definition) is 3. The molecule has 19 heavy (non-hydrogen) atoms. The Morgan fingerprint density at radius 3 is 2.42 bits per heavy atom. The lowest BCUT2D eigenvalue weighted by molar-refractivity contribution is 0.112. The zero-order valence-corrected chi connectivity index (χ0v) is 13.1. The van der Waals surface area contributed by atoms with Gasteiger partial charge in [0.2, 0.25) is 0 Å². The molecule has 1 heterocycles. The lowest BCUT2D eigenvalue weighted by Crippen LogP contribution is -2.39. The molecule has 0 aromatic carbocycles. The van der Waals surface area contributed by atoms with Crippen LogP contribution in [-0.2, 0) is 0 Å². The number of amidine groups is 1. The van der Waals surface area contributed by atoms with Gasteiger partial charge in [0.1, 0.15) is 5.84 Å². The molecule has 0 spiro atoms. The summed E-state index contributed by atoms with van der Waals surface area (Å²) in [4.78, 5) is 2.56. The molecule has 0 amide bonds. The standard InChI is InChI=1S/C15H31N3O/c1-5-15(4)8-11-18(12-9-15)10-6-7-14(2,3)13(16)17-19/h19H,5-12H2,1-4H3,(H2,16,17). The second kappa shape index (κ2) is 6.60. The van der Waals surface area contributed by atoms with Crippen molar-refractivity contribution in [1.29, 1.82) is 0 Å². The van der Waals surface area contributed by atoms with E-state index in [9.17, 15) is 0 Å². The van der Waals surface area contributed by atoms with Gasteiger partial charge in [0, 0.05) is 5.41 Å². The largest absolute Gasteiger partial charge is 0.409 e. The smallest absolute Gasteiger partial charge is 0.144 e. The van der Waals surface area contributed by atoms with Gasteiger partial charge in [0.05, 0.1) is 0 Å². The van der Waals surface area contributed by atoms with Gasteiger partial charge in [-0.1, -0.05) is 39.3 Å².